The SMILES string of the molecule is O=C(Cc1ncc(-c2cccc(Cl)c2)cn1)c1ccc(Oc2cc3c(cc2Cl)C(C(=O)O)CCO3)cc1. The van der Waals surface area contributed by atoms with Crippen LogP contribution in [-0.4, -0.2) is 33.4 Å². The number of benzene rings is 3. The van der Waals surface area contributed by atoms with Crippen molar-refractivity contribution in [2.45, 2.75) is 18.8 Å². The molecule has 2 heterocycles. The van der Waals surface area contributed by atoms with Gasteiger partial charge in [0, 0.05) is 40.2 Å². The Morgan fingerprint density at radius 2 is 1.76 bits per heavy atom. The maximum absolute atomic E-state index is 12.8. The molecule has 1 unspecified atom stereocenters. The van der Waals surface area contributed by atoms with E-state index in [4.69, 9.17) is 32.7 Å². The molecule has 7 nitrogen and oxygen atoms in total. The number of carboxylic acids is 1. The average molecular weight is 535 g/mol. The topological polar surface area (TPSA) is 98.6 Å². The second kappa shape index (κ2) is 10.6. The number of carbonyl (C=O) groups excluding carboxylic acids is 1. The van der Waals surface area contributed by atoms with Crippen LogP contribution >= 0.6 is 23.2 Å². The Morgan fingerprint density at radius 1 is 1.00 bits per heavy atom. The standard InChI is InChI=1S/C28H20Cl2N2O5/c29-19-3-1-2-17(10-19)18-14-31-27(32-15-18)12-24(33)16-4-6-20(7-5-16)37-26-13-25-22(11-23(26)30)21(28(34)35)8-9-36-25/h1-7,10-11,13-15,21H,8-9,12H2,(H,34,35). The molecule has 186 valence electrons. The highest BCUT2D eigenvalue weighted by Gasteiger charge is 2.29. The molecule has 1 N–H and O–H groups in total. The number of nitrogens with zero attached hydrogens (tertiary/aromatic N) is 2. The van der Waals surface area contributed by atoms with Crippen LogP contribution in [0.1, 0.15) is 34.1 Å². The zero-order chi connectivity index (χ0) is 25.9. The molecule has 1 aromatic heterocycles. The van der Waals surface area contributed by atoms with Gasteiger partial charge in [0.15, 0.2) is 5.78 Å². The summed E-state index contributed by atoms with van der Waals surface area (Å²) in [6, 6.07) is 17.2. The van der Waals surface area contributed by atoms with Crippen molar-refractivity contribution in [2.75, 3.05) is 6.61 Å². The molecule has 1 aliphatic rings. The Kier molecular flexibility index (Phi) is 7.08. The molecule has 0 spiro atoms. The molecule has 37 heavy (non-hydrogen) atoms. The number of ether oxygens (including phenoxy) is 2. The lowest BCUT2D eigenvalue weighted by Crippen LogP contribution is -2.20. The van der Waals surface area contributed by atoms with E-state index in [1.54, 1.807) is 54.9 Å². The number of Topliss-reactive ketones (excluding diaryl/α,β-unsaturated/α-hetero) is 1. The second-order valence-electron chi connectivity index (χ2n) is 8.47. The van der Waals surface area contributed by atoms with Crippen LogP contribution in [0.4, 0.5) is 0 Å². The predicted octanol–water partition coefficient (Wildman–Crippen LogP) is 6.62. The smallest absolute Gasteiger partial charge is 0.311 e. The first-order valence-corrected chi connectivity index (χ1v) is 12.2. The minimum absolute atomic E-state index is 0.0504. The van der Waals surface area contributed by atoms with Crippen LogP contribution in [0.2, 0.25) is 10.0 Å². The molecule has 4 aromatic rings. The van der Waals surface area contributed by atoms with Crippen LogP contribution in [0.15, 0.2) is 73.1 Å². The van der Waals surface area contributed by atoms with Gasteiger partial charge in [0.25, 0.3) is 0 Å². The second-order valence-corrected chi connectivity index (χ2v) is 9.32. The van der Waals surface area contributed by atoms with Crippen molar-refractivity contribution >= 4 is 35.0 Å². The summed E-state index contributed by atoms with van der Waals surface area (Å²) in [6.07, 6.45) is 3.77. The summed E-state index contributed by atoms with van der Waals surface area (Å²) in [7, 11) is 0. The molecular weight excluding hydrogens is 515 g/mol. The molecule has 0 saturated heterocycles. The largest absolute Gasteiger partial charge is 0.493 e. The Bertz CT molecular complexity index is 1470. The van der Waals surface area contributed by atoms with Gasteiger partial charge in [0.1, 0.15) is 23.1 Å². The summed E-state index contributed by atoms with van der Waals surface area (Å²) >= 11 is 12.4. The fraction of sp³-hybridized carbons (Fsp3) is 0.143. The van der Waals surface area contributed by atoms with Gasteiger partial charge < -0.3 is 14.6 Å². The molecule has 0 aliphatic carbocycles. The molecular formula is C28H20Cl2N2O5. The molecule has 1 atom stereocenters. The first-order chi connectivity index (χ1) is 17.9. The van der Waals surface area contributed by atoms with Gasteiger partial charge in [-0.15, -0.1) is 0 Å². The zero-order valence-corrected chi connectivity index (χ0v) is 20.9. The normalized spacial score (nSPS) is 14.4. The summed E-state index contributed by atoms with van der Waals surface area (Å²) in [5.74, 6) is -0.0794. The molecule has 9 heteroatoms. The number of aromatic nitrogens is 2. The average Bonchev–Trinajstić information content (AvgIpc) is 2.89. The van der Waals surface area contributed by atoms with Gasteiger partial charge >= 0.3 is 5.97 Å². The zero-order valence-electron chi connectivity index (χ0n) is 19.4. The Hall–Kier alpha value is -3.94. The highest BCUT2D eigenvalue weighted by molar-refractivity contribution is 6.32. The van der Waals surface area contributed by atoms with Crippen LogP contribution < -0.4 is 9.47 Å². The number of halogens is 2. The maximum Gasteiger partial charge on any atom is 0.311 e. The van der Waals surface area contributed by atoms with E-state index in [1.165, 1.54) is 0 Å². The fourth-order valence-electron chi connectivity index (χ4n) is 4.07. The van der Waals surface area contributed by atoms with Gasteiger partial charge in [-0.25, -0.2) is 9.97 Å². The van der Waals surface area contributed by atoms with Crippen molar-refractivity contribution in [2.24, 2.45) is 0 Å². The molecule has 3 aromatic carbocycles. The molecule has 0 radical (unpaired) electrons. The number of ketones is 1. The number of carboxylic acid groups (broad SMARTS) is 1. The summed E-state index contributed by atoms with van der Waals surface area (Å²) in [5, 5.41) is 10.3. The first-order valence-electron chi connectivity index (χ1n) is 11.4. The molecule has 1 aliphatic heterocycles. The van der Waals surface area contributed by atoms with Crippen LogP contribution in [0.25, 0.3) is 11.1 Å². The van der Waals surface area contributed by atoms with Gasteiger partial charge in [-0.1, -0.05) is 35.3 Å². The van der Waals surface area contributed by atoms with Gasteiger partial charge in [0.2, 0.25) is 0 Å². The van der Waals surface area contributed by atoms with E-state index in [0.29, 0.717) is 52.3 Å². The lowest BCUT2D eigenvalue weighted by Gasteiger charge is -2.24. The summed E-state index contributed by atoms with van der Waals surface area (Å²) < 4.78 is 11.5. The van der Waals surface area contributed by atoms with Gasteiger partial charge in [-0.05, 0) is 54.4 Å². The van der Waals surface area contributed by atoms with Crippen molar-refractivity contribution in [3.05, 3.63) is 100 Å². The minimum atomic E-state index is -0.919. The van der Waals surface area contributed by atoms with Crippen molar-refractivity contribution in [3.8, 4) is 28.4 Å². The van der Waals surface area contributed by atoms with Crippen LogP contribution in [-0.2, 0) is 11.2 Å². The molecule has 0 saturated carbocycles. The summed E-state index contributed by atoms with van der Waals surface area (Å²) in [6.45, 7) is 0.300. The highest BCUT2D eigenvalue weighted by atomic mass is 35.5. The number of hydrogen-bond donors (Lipinski definition) is 1. The van der Waals surface area contributed by atoms with Crippen molar-refractivity contribution in [3.63, 3.8) is 0 Å². The van der Waals surface area contributed by atoms with E-state index in [1.807, 2.05) is 18.2 Å². The number of fused-ring (bicyclic) bond motifs is 1. The molecule has 0 amide bonds. The van der Waals surface area contributed by atoms with Crippen molar-refractivity contribution < 1.29 is 24.2 Å². The van der Waals surface area contributed by atoms with Gasteiger partial charge in [0.05, 0.1) is 24.0 Å². The maximum atomic E-state index is 12.8. The molecule has 0 bridgehead atoms. The number of hydrogen-bond acceptors (Lipinski definition) is 6. The number of aliphatic carboxylic acids is 1. The first kappa shape index (κ1) is 24.7. The lowest BCUT2D eigenvalue weighted by atomic mass is 9.93. The third-order valence-corrected chi connectivity index (χ3v) is 6.52. The van der Waals surface area contributed by atoms with E-state index >= 15 is 0 Å². The van der Waals surface area contributed by atoms with E-state index in [9.17, 15) is 14.7 Å². The molecule has 0 fully saturated rings. The van der Waals surface area contributed by atoms with E-state index < -0.39 is 11.9 Å². The van der Waals surface area contributed by atoms with E-state index in [0.717, 1.165) is 11.1 Å². The quantitative estimate of drug-likeness (QED) is 0.266. The summed E-state index contributed by atoms with van der Waals surface area (Å²) in [4.78, 5) is 32.9. The Balaban J connectivity index is 1.25. The third-order valence-electron chi connectivity index (χ3n) is 5.99. The van der Waals surface area contributed by atoms with Crippen molar-refractivity contribution in [1.82, 2.24) is 9.97 Å². The highest BCUT2D eigenvalue weighted by Crippen LogP contribution is 2.41. The Morgan fingerprint density at radius 3 is 2.46 bits per heavy atom. The van der Waals surface area contributed by atoms with Gasteiger partial charge in [-0.2, -0.15) is 0 Å². The van der Waals surface area contributed by atoms with Crippen LogP contribution in [0, 0.1) is 0 Å². The third kappa shape index (κ3) is 5.58. The van der Waals surface area contributed by atoms with E-state index in [-0.39, 0.29) is 17.2 Å². The fourth-order valence-corrected chi connectivity index (χ4v) is 4.47. The molecule has 5 rings (SSSR count). The van der Waals surface area contributed by atoms with Gasteiger partial charge in [-0.3, -0.25) is 9.59 Å². The minimum Gasteiger partial charge on any atom is -0.493 e. The van der Waals surface area contributed by atoms with Crippen molar-refractivity contribution in [1.29, 1.82) is 0 Å². The van der Waals surface area contributed by atoms with Crippen LogP contribution in [0.3, 0.4) is 0 Å². The lowest BCUT2D eigenvalue weighted by molar-refractivity contribution is -0.139. The monoisotopic (exact) mass is 534 g/mol. The van der Waals surface area contributed by atoms with Crippen LogP contribution in [0.5, 0.6) is 17.2 Å². The Labute approximate surface area is 222 Å². The number of rotatable bonds is 7. The summed E-state index contributed by atoms with van der Waals surface area (Å²) in [5.41, 5.74) is 2.72. The van der Waals surface area contributed by atoms with E-state index in [2.05, 4.69) is 9.97 Å². The number of carbonyl (C=O) groups is 2. The predicted molar refractivity (Wildman–Crippen MR) is 139 cm³/mol.